The van der Waals surface area contributed by atoms with Crippen molar-refractivity contribution in [2.45, 2.75) is 25.9 Å². The van der Waals surface area contributed by atoms with Gasteiger partial charge in [-0.05, 0) is 32.9 Å². The molecule has 2 N–H and O–H groups in total. The number of nitrogen functional groups attached to an aromatic ring is 1. The molecular weight excluding hydrogens is 202 g/mol. The summed E-state index contributed by atoms with van der Waals surface area (Å²) in [4.78, 5) is 6.65. The summed E-state index contributed by atoms with van der Waals surface area (Å²) in [5, 5.41) is 0. The average molecular weight is 221 g/mol. The first-order chi connectivity index (χ1) is 7.65. The van der Waals surface area contributed by atoms with Crippen LogP contribution >= 0.6 is 0 Å². The molecule has 0 atom stereocenters. The second-order valence-electron chi connectivity index (χ2n) is 4.44. The molecule has 0 radical (unpaired) electrons. The number of anilines is 1. The number of hydrogen-bond donors (Lipinski definition) is 1. The van der Waals surface area contributed by atoms with Gasteiger partial charge >= 0.3 is 0 Å². The van der Waals surface area contributed by atoms with E-state index in [0.717, 1.165) is 37.3 Å². The summed E-state index contributed by atoms with van der Waals surface area (Å²) in [6.45, 7) is 4.09. The van der Waals surface area contributed by atoms with E-state index in [1.165, 1.54) is 0 Å². The average Bonchev–Trinajstić information content (AvgIpc) is 2.27. The first-order valence-corrected chi connectivity index (χ1v) is 5.73. The molecule has 0 saturated carbocycles. The molecule has 1 aliphatic heterocycles. The van der Waals surface area contributed by atoms with Crippen LogP contribution in [0.4, 0.5) is 5.69 Å². The van der Waals surface area contributed by atoms with Crippen molar-refractivity contribution in [3.8, 4) is 5.88 Å². The Labute approximate surface area is 96.4 Å². The fourth-order valence-corrected chi connectivity index (χ4v) is 1.89. The van der Waals surface area contributed by atoms with Crippen LogP contribution in [-0.4, -0.2) is 36.1 Å². The lowest BCUT2D eigenvalue weighted by Crippen LogP contribution is -2.35. The highest BCUT2D eigenvalue weighted by molar-refractivity contribution is 5.43. The molecule has 0 bridgehead atoms. The highest BCUT2D eigenvalue weighted by atomic mass is 16.5. The Morgan fingerprint density at radius 1 is 1.38 bits per heavy atom. The van der Waals surface area contributed by atoms with Crippen LogP contribution in [0.1, 0.15) is 18.5 Å². The van der Waals surface area contributed by atoms with Gasteiger partial charge in [-0.2, -0.15) is 0 Å². The van der Waals surface area contributed by atoms with Gasteiger partial charge in [0.15, 0.2) is 0 Å². The van der Waals surface area contributed by atoms with Crippen molar-refractivity contribution in [2.75, 3.05) is 25.9 Å². The summed E-state index contributed by atoms with van der Waals surface area (Å²) >= 11 is 0. The van der Waals surface area contributed by atoms with Crippen molar-refractivity contribution in [1.82, 2.24) is 9.88 Å². The zero-order valence-electron chi connectivity index (χ0n) is 9.94. The number of aryl methyl sites for hydroxylation is 1. The lowest BCUT2D eigenvalue weighted by molar-refractivity contribution is 0.110. The van der Waals surface area contributed by atoms with E-state index < -0.39 is 0 Å². The third-order valence-electron chi connectivity index (χ3n) is 3.05. The van der Waals surface area contributed by atoms with Crippen LogP contribution in [0, 0.1) is 6.92 Å². The molecule has 0 unspecified atom stereocenters. The van der Waals surface area contributed by atoms with Gasteiger partial charge < -0.3 is 15.4 Å². The maximum atomic E-state index is 5.85. The van der Waals surface area contributed by atoms with Crippen LogP contribution in [0.3, 0.4) is 0 Å². The molecule has 0 aromatic carbocycles. The molecule has 2 rings (SSSR count). The Kier molecular flexibility index (Phi) is 3.29. The van der Waals surface area contributed by atoms with Gasteiger partial charge in [0.1, 0.15) is 6.10 Å². The molecular formula is C12H19N3O. The van der Waals surface area contributed by atoms with E-state index in [-0.39, 0.29) is 0 Å². The van der Waals surface area contributed by atoms with Gasteiger partial charge in [-0.15, -0.1) is 0 Å². The topological polar surface area (TPSA) is 51.4 Å². The lowest BCUT2D eigenvalue weighted by Gasteiger charge is -2.29. The smallest absolute Gasteiger partial charge is 0.213 e. The lowest BCUT2D eigenvalue weighted by atomic mass is 10.1. The van der Waals surface area contributed by atoms with E-state index in [0.29, 0.717) is 12.0 Å². The van der Waals surface area contributed by atoms with Gasteiger partial charge in [-0.1, -0.05) is 0 Å². The van der Waals surface area contributed by atoms with Gasteiger partial charge in [-0.3, -0.25) is 0 Å². The molecule has 4 heteroatoms. The van der Waals surface area contributed by atoms with Crippen LogP contribution in [0.5, 0.6) is 5.88 Å². The van der Waals surface area contributed by atoms with Crippen molar-refractivity contribution >= 4 is 5.69 Å². The van der Waals surface area contributed by atoms with Crippen LogP contribution in [0.25, 0.3) is 0 Å². The first kappa shape index (κ1) is 11.2. The zero-order valence-corrected chi connectivity index (χ0v) is 9.94. The van der Waals surface area contributed by atoms with Gasteiger partial charge in [0, 0.05) is 19.2 Å². The summed E-state index contributed by atoms with van der Waals surface area (Å²) in [7, 11) is 2.14. The number of nitrogens with two attached hydrogens (primary N) is 1. The first-order valence-electron chi connectivity index (χ1n) is 5.73. The minimum Gasteiger partial charge on any atom is -0.474 e. The number of nitrogens with zero attached hydrogens (tertiary/aromatic N) is 2. The van der Waals surface area contributed by atoms with Crippen LogP contribution in [0.15, 0.2) is 12.1 Å². The van der Waals surface area contributed by atoms with E-state index in [1.807, 2.05) is 19.1 Å². The number of pyridine rings is 1. The highest BCUT2D eigenvalue weighted by Crippen LogP contribution is 2.19. The van der Waals surface area contributed by atoms with Gasteiger partial charge in [0.2, 0.25) is 5.88 Å². The minimum atomic E-state index is 0.298. The molecule has 88 valence electrons. The number of hydrogen-bond acceptors (Lipinski definition) is 4. The van der Waals surface area contributed by atoms with E-state index in [9.17, 15) is 0 Å². The molecule has 0 spiro atoms. The summed E-state index contributed by atoms with van der Waals surface area (Å²) in [6, 6.07) is 3.70. The maximum Gasteiger partial charge on any atom is 0.213 e. The SMILES string of the molecule is Cc1nc(OC2CCN(C)CC2)ccc1N. The van der Waals surface area contributed by atoms with E-state index in [2.05, 4.69) is 16.9 Å². The molecule has 4 nitrogen and oxygen atoms in total. The second-order valence-corrected chi connectivity index (χ2v) is 4.44. The predicted octanol–water partition coefficient (Wildman–Crippen LogP) is 1.45. The third-order valence-corrected chi connectivity index (χ3v) is 3.05. The number of rotatable bonds is 2. The Hall–Kier alpha value is -1.29. The highest BCUT2D eigenvalue weighted by Gasteiger charge is 2.18. The summed E-state index contributed by atoms with van der Waals surface area (Å²) < 4.78 is 5.85. The molecule has 1 aromatic rings. The van der Waals surface area contributed by atoms with Crippen LogP contribution < -0.4 is 10.5 Å². The Bertz CT molecular complexity index is 359. The number of ether oxygens (including phenoxy) is 1. The third kappa shape index (κ3) is 2.64. The predicted molar refractivity (Wildman–Crippen MR) is 64.5 cm³/mol. The van der Waals surface area contributed by atoms with E-state index >= 15 is 0 Å². The number of piperidine rings is 1. The molecule has 1 saturated heterocycles. The van der Waals surface area contributed by atoms with E-state index in [1.54, 1.807) is 0 Å². The van der Waals surface area contributed by atoms with Crippen molar-refractivity contribution < 1.29 is 4.74 Å². The summed E-state index contributed by atoms with van der Waals surface area (Å²) in [6.07, 6.45) is 2.44. The molecule has 1 fully saturated rings. The van der Waals surface area contributed by atoms with Crippen molar-refractivity contribution in [1.29, 1.82) is 0 Å². The van der Waals surface area contributed by atoms with Crippen molar-refractivity contribution in [3.63, 3.8) is 0 Å². The van der Waals surface area contributed by atoms with Crippen LogP contribution in [-0.2, 0) is 0 Å². The van der Waals surface area contributed by atoms with E-state index in [4.69, 9.17) is 10.5 Å². The fourth-order valence-electron chi connectivity index (χ4n) is 1.89. The van der Waals surface area contributed by atoms with Gasteiger partial charge in [0.05, 0.1) is 11.4 Å². The molecule has 0 aliphatic carbocycles. The largest absolute Gasteiger partial charge is 0.474 e. The standard InChI is InChI=1S/C12H19N3O/c1-9-11(13)3-4-12(14-9)16-10-5-7-15(2)8-6-10/h3-4,10H,5-8,13H2,1-2H3. The molecule has 0 amide bonds. The number of likely N-dealkylation sites (tertiary alicyclic amines) is 1. The van der Waals surface area contributed by atoms with Gasteiger partial charge in [-0.25, -0.2) is 4.98 Å². The Morgan fingerprint density at radius 3 is 2.69 bits per heavy atom. The minimum absolute atomic E-state index is 0.298. The monoisotopic (exact) mass is 221 g/mol. The van der Waals surface area contributed by atoms with Crippen molar-refractivity contribution in [3.05, 3.63) is 17.8 Å². The second kappa shape index (κ2) is 4.70. The quantitative estimate of drug-likeness (QED) is 0.821. The Morgan fingerprint density at radius 2 is 2.06 bits per heavy atom. The molecule has 16 heavy (non-hydrogen) atoms. The Balaban J connectivity index is 1.96. The van der Waals surface area contributed by atoms with Crippen LogP contribution in [0.2, 0.25) is 0 Å². The van der Waals surface area contributed by atoms with Crippen molar-refractivity contribution in [2.24, 2.45) is 0 Å². The fraction of sp³-hybridized carbons (Fsp3) is 0.583. The normalized spacial score (nSPS) is 18.6. The molecule has 2 heterocycles. The summed E-state index contributed by atoms with van der Waals surface area (Å²) in [5.41, 5.74) is 7.27. The molecule has 1 aromatic heterocycles. The summed E-state index contributed by atoms with van der Waals surface area (Å²) in [5.74, 6) is 0.696. The van der Waals surface area contributed by atoms with Gasteiger partial charge in [0.25, 0.3) is 0 Å². The molecule has 1 aliphatic rings. The maximum absolute atomic E-state index is 5.85. The zero-order chi connectivity index (χ0) is 11.5. The number of aromatic nitrogens is 1.